The SMILES string of the molecule is Cc1ccc2ncc(C(=O)N(C)Cc3ccc(F)cc3)c(=O)n2c1. The number of aromatic nitrogens is 2. The molecule has 0 unspecified atom stereocenters. The molecular weight excluding hydrogens is 309 g/mol. The molecule has 0 radical (unpaired) electrons. The van der Waals surface area contributed by atoms with Crippen molar-refractivity contribution in [1.29, 1.82) is 0 Å². The molecule has 0 fully saturated rings. The van der Waals surface area contributed by atoms with Crippen LogP contribution in [0.2, 0.25) is 0 Å². The molecule has 0 aliphatic heterocycles. The number of fused-ring (bicyclic) bond motifs is 1. The van der Waals surface area contributed by atoms with Crippen molar-refractivity contribution in [1.82, 2.24) is 14.3 Å². The summed E-state index contributed by atoms with van der Waals surface area (Å²) in [6, 6.07) is 9.46. The summed E-state index contributed by atoms with van der Waals surface area (Å²) in [5.74, 6) is -0.757. The molecule has 1 amide bonds. The van der Waals surface area contributed by atoms with E-state index in [0.29, 0.717) is 5.65 Å². The van der Waals surface area contributed by atoms with Crippen molar-refractivity contribution in [3.63, 3.8) is 0 Å². The predicted octanol–water partition coefficient (Wildman–Crippen LogP) is 2.41. The van der Waals surface area contributed by atoms with Gasteiger partial charge in [0.15, 0.2) is 0 Å². The fourth-order valence-corrected chi connectivity index (χ4v) is 2.47. The van der Waals surface area contributed by atoms with Crippen LogP contribution in [-0.4, -0.2) is 27.2 Å². The Hall–Kier alpha value is -3.02. The van der Waals surface area contributed by atoms with Gasteiger partial charge in [-0.05, 0) is 36.2 Å². The van der Waals surface area contributed by atoms with Crippen LogP contribution in [0, 0.1) is 12.7 Å². The Kier molecular flexibility index (Phi) is 4.12. The van der Waals surface area contributed by atoms with E-state index >= 15 is 0 Å². The molecule has 0 N–H and O–H groups in total. The molecule has 1 aromatic carbocycles. The molecule has 3 rings (SSSR count). The van der Waals surface area contributed by atoms with Gasteiger partial charge in [0.1, 0.15) is 17.0 Å². The van der Waals surface area contributed by atoms with Crippen LogP contribution in [0.3, 0.4) is 0 Å². The van der Waals surface area contributed by atoms with E-state index < -0.39 is 11.5 Å². The molecular formula is C18H16FN3O2. The van der Waals surface area contributed by atoms with Crippen LogP contribution in [-0.2, 0) is 6.54 Å². The summed E-state index contributed by atoms with van der Waals surface area (Å²) in [6.45, 7) is 2.14. The largest absolute Gasteiger partial charge is 0.337 e. The first kappa shape index (κ1) is 15.9. The number of halogens is 1. The molecule has 2 aromatic heterocycles. The second-order valence-corrected chi connectivity index (χ2v) is 5.70. The Labute approximate surface area is 138 Å². The lowest BCUT2D eigenvalue weighted by molar-refractivity contribution is 0.0782. The second kappa shape index (κ2) is 6.23. The van der Waals surface area contributed by atoms with Gasteiger partial charge in [-0.3, -0.25) is 14.0 Å². The minimum atomic E-state index is -0.423. The van der Waals surface area contributed by atoms with Gasteiger partial charge in [0.2, 0.25) is 0 Å². The molecule has 122 valence electrons. The lowest BCUT2D eigenvalue weighted by Crippen LogP contribution is -2.33. The van der Waals surface area contributed by atoms with E-state index in [2.05, 4.69) is 4.98 Å². The van der Waals surface area contributed by atoms with E-state index in [1.165, 1.54) is 27.6 Å². The standard InChI is InChI=1S/C18H16FN3O2/c1-12-3-8-16-20-9-15(18(24)22(16)10-12)17(23)21(2)11-13-4-6-14(19)7-5-13/h3-10H,11H2,1-2H3. The number of rotatable bonds is 3. The minimum absolute atomic E-state index is 0.00251. The summed E-state index contributed by atoms with van der Waals surface area (Å²) in [5, 5.41) is 0. The van der Waals surface area contributed by atoms with Gasteiger partial charge in [0.05, 0.1) is 0 Å². The average molecular weight is 325 g/mol. The molecule has 0 aliphatic carbocycles. The van der Waals surface area contributed by atoms with Crippen molar-refractivity contribution in [3.05, 3.63) is 81.7 Å². The van der Waals surface area contributed by atoms with Crippen LogP contribution in [0.15, 0.2) is 53.6 Å². The Morgan fingerprint density at radius 2 is 1.92 bits per heavy atom. The van der Waals surface area contributed by atoms with Gasteiger partial charge in [0, 0.05) is 26.0 Å². The molecule has 6 heteroatoms. The molecule has 0 saturated heterocycles. The van der Waals surface area contributed by atoms with Crippen LogP contribution in [0.25, 0.3) is 5.65 Å². The van der Waals surface area contributed by atoms with Gasteiger partial charge in [-0.2, -0.15) is 0 Å². The monoisotopic (exact) mass is 325 g/mol. The van der Waals surface area contributed by atoms with Crippen molar-refractivity contribution >= 4 is 11.6 Å². The van der Waals surface area contributed by atoms with Gasteiger partial charge in [0.25, 0.3) is 11.5 Å². The minimum Gasteiger partial charge on any atom is -0.337 e. The van der Waals surface area contributed by atoms with Gasteiger partial charge in [-0.25, -0.2) is 9.37 Å². The zero-order chi connectivity index (χ0) is 17.3. The van der Waals surface area contributed by atoms with Crippen LogP contribution in [0.4, 0.5) is 4.39 Å². The summed E-state index contributed by atoms with van der Waals surface area (Å²) in [7, 11) is 1.59. The third-order valence-corrected chi connectivity index (χ3v) is 3.76. The zero-order valence-corrected chi connectivity index (χ0v) is 13.4. The zero-order valence-electron chi connectivity index (χ0n) is 13.4. The number of benzene rings is 1. The molecule has 3 aromatic rings. The first-order chi connectivity index (χ1) is 11.5. The molecule has 5 nitrogen and oxygen atoms in total. The molecule has 0 aliphatic rings. The average Bonchev–Trinajstić information content (AvgIpc) is 2.57. The molecule has 24 heavy (non-hydrogen) atoms. The summed E-state index contributed by atoms with van der Waals surface area (Å²) in [4.78, 5) is 30.7. The third kappa shape index (κ3) is 3.03. The molecule has 0 bridgehead atoms. The first-order valence-electron chi connectivity index (χ1n) is 7.43. The Morgan fingerprint density at radius 3 is 2.62 bits per heavy atom. The number of aryl methyl sites for hydroxylation is 1. The van der Waals surface area contributed by atoms with E-state index in [4.69, 9.17) is 0 Å². The van der Waals surface area contributed by atoms with E-state index in [-0.39, 0.29) is 17.9 Å². The highest BCUT2D eigenvalue weighted by Gasteiger charge is 2.17. The maximum atomic E-state index is 12.9. The summed E-state index contributed by atoms with van der Waals surface area (Å²) >= 11 is 0. The van der Waals surface area contributed by atoms with Gasteiger partial charge < -0.3 is 4.90 Å². The van der Waals surface area contributed by atoms with Crippen LogP contribution >= 0.6 is 0 Å². The number of amides is 1. The number of carbonyl (C=O) groups is 1. The highest BCUT2D eigenvalue weighted by Crippen LogP contribution is 2.08. The summed E-state index contributed by atoms with van der Waals surface area (Å²) in [5.41, 5.74) is 1.76. The topological polar surface area (TPSA) is 54.7 Å². The highest BCUT2D eigenvalue weighted by molar-refractivity contribution is 5.93. The Bertz CT molecular complexity index is 964. The normalized spacial score (nSPS) is 10.8. The summed E-state index contributed by atoms with van der Waals surface area (Å²) < 4.78 is 14.3. The van der Waals surface area contributed by atoms with E-state index in [0.717, 1.165) is 11.1 Å². The number of pyridine rings is 1. The summed E-state index contributed by atoms with van der Waals surface area (Å²) in [6.07, 6.45) is 2.96. The van der Waals surface area contributed by atoms with Crippen molar-refractivity contribution < 1.29 is 9.18 Å². The van der Waals surface area contributed by atoms with E-state index in [1.54, 1.807) is 31.4 Å². The van der Waals surface area contributed by atoms with Crippen molar-refractivity contribution in [2.45, 2.75) is 13.5 Å². The van der Waals surface area contributed by atoms with Crippen molar-refractivity contribution in [2.75, 3.05) is 7.05 Å². The second-order valence-electron chi connectivity index (χ2n) is 5.70. The smallest absolute Gasteiger partial charge is 0.270 e. The number of nitrogens with zero attached hydrogens (tertiary/aromatic N) is 3. The molecule has 0 spiro atoms. The Morgan fingerprint density at radius 1 is 1.21 bits per heavy atom. The maximum absolute atomic E-state index is 12.9. The first-order valence-corrected chi connectivity index (χ1v) is 7.43. The predicted molar refractivity (Wildman–Crippen MR) is 88.4 cm³/mol. The third-order valence-electron chi connectivity index (χ3n) is 3.76. The number of hydrogen-bond donors (Lipinski definition) is 0. The van der Waals surface area contributed by atoms with Gasteiger partial charge in [-0.1, -0.05) is 18.2 Å². The highest BCUT2D eigenvalue weighted by atomic mass is 19.1. The fraction of sp³-hybridized carbons (Fsp3) is 0.167. The van der Waals surface area contributed by atoms with E-state index in [1.807, 2.05) is 13.0 Å². The lowest BCUT2D eigenvalue weighted by Gasteiger charge is -2.17. The van der Waals surface area contributed by atoms with Crippen molar-refractivity contribution in [2.24, 2.45) is 0 Å². The fourth-order valence-electron chi connectivity index (χ4n) is 2.47. The van der Waals surface area contributed by atoms with Crippen LogP contribution < -0.4 is 5.56 Å². The quantitative estimate of drug-likeness (QED) is 0.743. The number of carbonyl (C=O) groups excluding carboxylic acids is 1. The van der Waals surface area contributed by atoms with Crippen LogP contribution in [0.1, 0.15) is 21.5 Å². The van der Waals surface area contributed by atoms with Crippen LogP contribution in [0.5, 0.6) is 0 Å². The van der Waals surface area contributed by atoms with Gasteiger partial charge >= 0.3 is 0 Å². The number of hydrogen-bond acceptors (Lipinski definition) is 3. The maximum Gasteiger partial charge on any atom is 0.270 e. The van der Waals surface area contributed by atoms with E-state index in [9.17, 15) is 14.0 Å². The molecule has 2 heterocycles. The molecule has 0 atom stereocenters. The molecule has 0 saturated carbocycles. The Balaban J connectivity index is 1.91. The van der Waals surface area contributed by atoms with Gasteiger partial charge in [-0.15, -0.1) is 0 Å². The lowest BCUT2D eigenvalue weighted by atomic mass is 10.2. The van der Waals surface area contributed by atoms with Crippen molar-refractivity contribution in [3.8, 4) is 0 Å².